The zero-order valence-corrected chi connectivity index (χ0v) is 18.4. The van der Waals surface area contributed by atoms with E-state index in [1.54, 1.807) is 13.1 Å². The van der Waals surface area contributed by atoms with Crippen molar-refractivity contribution in [2.24, 2.45) is 0 Å². The minimum Gasteiger partial charge on any atom is -0.462 e. The molecule has 0 amide bonds. The number of carbonyl (C=O) groups excluding carboxylic acids is 1. The fraction of sp³-hybridized carbons (Fsp3) is 0.435. The lowest BCUT2D eigenvalue weighted by atomic mass is 10.1. The Morgan fingerprint density at radius 1 is 1.19 bits per heavy atom. The number of carbonyl (C=O) groups is 1. The number of aryl methyl sites for hydroxylation is 2. The van der Waals surface area contributed by atoms with Crippen LogP contribution in [-0.4, -0.2) is 71.6 Å². The van der Waals surface area contributed by atoms with Gasteiger partial charge in [-0.15, -0.1) is 0 Å². The molecule has 0 saturated carbocycles. The SMILES string of the molecule is CCOC(=O)c1cnc2c(c(C)nn2-c2ccc(C)cc2)c1NCCN1CCOCC1. The van der Waals surface area contributed by atoms with Gasteiger partial charge in [0.15, 0.2) is 5.65 Å². The van der Waals surface area contributed by atoms with Gasteiger partial charge in [-0.1, -0.05) is 17.7 Å². The maximum atomic E-state index is 12.6. The number of morpholine rings is 1. The van der Waals surface area contributed by atoms with Crippen LogP contribution in [0.15, 0.2) is 30.5 Å². The molecule has 1 N–H and O–H groups in total. The van der Waals surface area contributed by atoms with E-state index < -0.39 is 0 Å². The van der Waals surface area contributed by atoms with Gasteiger partial charge >= 0.3 is 5.97 Å². The molecule has 3 heterocycles. The van der Waals surface area contributed by atoms with Crippen LogP contribution < -0.4 is 5.32 Å². The Morgan fingerprint density at radius 3 is 2.65 bits per heavy atom. The van der Waals surface area contributed by atoms with Crippen LogP contribution >= 0.6 is 0 Å². The van der Waals surface area contributed by atoms with E-state index in [4.69, 9.17) is 14.6 Å². The highest BCUT2D eigenvalue weighted by molar-refractivity contribution is 6.05. The highest BCUT2D eigenvalue weighted by Gasteiger charge is 2.22. The monoisotopic (exact) mass is 423 g/mol. The summed E-state index contributed by atoms with van der Waals surface area (Å²) < 4.78 is 12.5. The second-order valence-corrected chi connectivity index (χ2v) is 7.68. The van der Waals surface area contributed by atoms with Crippen LogP contribution in [0, 0.1) is 13.8 Å². The topological polar surface area (TPSA) is 81.5 Å². The molecule has 1 aromatic carbocycles. The number of nitrogens with zero attached hydrogens (tertiary/aromatic N) is 4. The first-order valence-corrected chi connectivity index (χ1v) is 10.7. The lowest BCUT2D eigenvalue weighted by molar-refractivity contribution is 0.0398. The van der Waals surface area contributed by atoms with Crippen molar-refractivity contribution in [2.75, 3.05) is 51.3 Å². The van der Waals surface area contributed by atoms with Crippen LogP contribution in [0.1, 0.15) is 28.5 Å². The Hall–Kier alpha value is -2.97. The van der Waals surface area contributed by atoms with Crippen LogP contribution in [0.2, 0.25) is 0 Å². The molecule has 0 atom stereocenters. The van der Waals surface area contributed by atoms with Crippen molar-refractivity contribution >= 4 is 22.7 Å². The maximum absolute atomic E-state index is 12.6. The third-order valence-corrected chi connectivity index (χ3v) is 5.48. The molecule has 1 aliphatic rings. The molecule has 0 spiro atoms. The Labute approximate surface area is 182 Å². The molecule has 0 aliphatic carbocycles. The molecule has 3 aromatic rings. The number of anilines is 1. The van der Waals surface area contributed by atoms with Gasteiger partial charge in [-0.2, -0.15) is 5.10 Å². The molecule has 0 bridgehead atoms. The third kappa shape index (κ3) is 4.55. The number of rotatable bonds is 7. The average molecular weight is 424 g/mol. The lowest BCUT2D eigenvalue weighted by Crippen LogP contribution is -2.39. The summed E-state index contributed by atoms with van der Waals surface area (Å²) in [5.74, 6) is -0.381. The fourth-order valence-corrected chi connectivity index (χ4v) is 3.83. The standard InChI is InChI=1S/C23H29N5O3/c1-4-31-23(29)19-15-25-22-20(21(19)24-9-10-27-11-13-30-14-12-27)17(3)26-28(22)18-7-5-16(2)6-8-18/h5-8,15H,4,9-14H2,1-3H3,(H,24,25). The van der Waals surface area contributed by atoms with Crippen LogP contribution in [0.25, 0.3) is 16.7 Å². The molecule has 0 unspecified atom stereocenters. The summed E-state index contributed by atoms with van der Waals surface area (Å²) in [5.41, 5.74) is 4.79. The van der Waals surface area contributed by atoms with Crippen molar-refractivity contribution in [2.45, 2.75) is 20.8 Å². The van der Waals surface area contributed by atoms with Crippen LogP contribution in [0.3, 0.4) is 0 Å². The summed E-state index contributed by atoms with van der Waals surface area (Å²) >= 11 is 0. The van der Waals surface area contributed by atoms with Gasteiger partial charge in [0.05, 0.1) is 42.3 Å². The van der Waals surface area contributed by atoms with Crippen molar-refractivity contribution in [1.82, 2.24) is 19.7 Å². The van der Waals surface area contributed by atoms with E-state index in [0.717, 1.165) is 55.3 Å². The van der Waals surface area contributed by atoms with Gasteiger partial charge in [0.1, 0.15) is 5.56 Å². The molecule has 1 fully saturated rings. The third-order valence-electron chi connectivity index (χ3n) is 5.48. The normalized spacial score (nSPS) is 14.7. The summed E-state index contributed by atoms with van der Waals surface area (Å²) in [7, 11) is 0. The lowest BCUT2D eigenvalue weighted by Gasteiger charge is -2.26. The average Bonchev–Trinajstić information content (AvgIpc) is 3.12. The summed E-state index contributed by atoms with van der Waals surface area (Å²) in [6.45, 7) is 11.0. The van der Waals surface area contributed by atoms with Crippen molar-refractivity contribution in [3.63, 3.8) is 0 Å². The summed E-state index contributed by atoms with van der Waals surface area (Å²) in [5, 5.41) is 9.05. The molecule has 8 heteroatoms. The quantitative estimate of drug-likeness (QED) is 0.585. The molecule has 8 nitrogen and oxygen atoms in total. The molecule has 31 heavy (non-hydrogen) atoms. The van der Waals surface area contributed by atoms with Gasteiger partial charge in [0.25, 0.3) is 0 Å². The highest BCUT2D eigenvalue weighted by Crippen LogP contribution is 2.31. The summed E-state index contributed by atoms with van der Waals surface area (Å²) in [6, 6.07) is 8.14. The van der Waals surface area contributed by atoms with Crippen molar-refractivity contribution in [3.8, 4) is 5.69 Å². The van der Waals surface area contributed by atoms with Gasteiger partial charge in [-0.25, -0.2) is 14.5 Å². The van der Waals surface area contributed by atoms with E-state index in [-0.39, 0.29) is 5.97 Å². The number of hydrogen-bond donors (Lipinski definition) is 1. The second-order valence-electron chi connectivity index (χ2n) is 7.68. The maximum Gasteiger partial charge on any atom is 0.341 e. The number of aromatic nitrogens is 3. The zero-order valence-electron chi connectivity index (χ0n) is 18.4. The second kappa shape index (κ2) is 9.45. The molecule has 164 valence electrons. The van der Waals surface area contributed by atoms with E-state index in [1.165, 1.54) is 5.56 Å². The Bertz CT molecular complexity index is 1060. The first kappa shape index (κ1) is 21.3. The predicted molar refractivity (Wildman–Crippen MR) is 120 cm³/mol. The largest absolute Gasteiger partial charge is 0.462 e. The number of hydrogen-bond acceptors (Lipinski definition) is 7. The fourth-order valence-electron chi connectivity index (χ4n) is 3.83. The van der Waals surface area contributed by atoms with Gasteiger partial charge in [0, 0.05) is 32.4 Å². The molecule has 2 aromatic heterocycles. The van der Waals surface area contributed by atoms with E-state index in [2.05, 4.69) is 22.1 Å². The van der Waals surface area contributed by atoms with Gasteiger partial charge in [0.2, 0.25) is 0 Å². The van der Waals surface area contributed by atoms with Crippen molar-refractivity contribution in [1.29, 1.82) is 0 Å². The molecule has 1 aliphatic heterocycles. The number of benzene rings is 1. The van der Waals surface area contributed by atoms with Crippen LogP contribution in [0.5, 0.6) is 0 Å². The van der Waals surface area contributed by atoms with Crippen molar-refractivity contribution < 1.29 is 14.3 Å². The van der Waals surface area contributed by atoms with Crippen LogP contribution in [0.4, 0.5) is 5.69 Å². The molecule has 0 radical (unpaired) electrons. The van der Waals surface area contributed by atoms with E-state index in [1.807, 2.05) is 35.9 Å². The molecule has 4 rings (SSSR count). The van der Waals surface area contributed by atoms with Gasteiger partial charge < -0.3 is 14.8 Å². The number of nitrogens with one attached hydrogen (secondary N) is 1. The van der Waals surface area contributed by atoms with Gasteiger partial charge in [-0.05, 0) is 32.9 Å². The Balaban J connectivity index is 1.71. The number of ether oxygens (including phenoxy) is 2. The summed E-state index contributed by atoms with van der Waals surface area (Å²) in [6.07, 6.45) is 1.59. The Morgan fingerprint density at radius 2 is 1.94 bits per heavy atom. The Kier molecular flexibility index (Phi) is 6.48. The predicted octanol–water partition coefficient (Wildman–Crippen LogP) is 2.96. The number of fused-ring (bicyclic) bond motifs is 1. The zero-order chi connectivity index (χ0) is 21.8. The van der Waals surface area contributed by atoms with E-state index in [9.17, 15) is 4.79 Å². The van der Waals surface area contributed by atoms with Crippen molar-refractivity contribution in [3.05, 3.63) is 47.3 Å². The highest BCUT2D eigenvalue weighted by atomic mass is 16.5. The summed E-state index contributed by atoms with van der Waals surface area (Å²) in [4.78, 5) is 19.6. The minimum atomic E-state index is -0.381. The van der Waals surface area contributed by atoms with E-state index >= 15 is 0 Å². The first-order chi connectivity index (χ1) is 15.1. The number of esters is 1. The molecular formula is C23H29N5O3. The smallest absolute Gasteiger partial charge is 0.341 e. The molecule has 1 saturated heterocycles. The van der Waals surface area contributed by atoms with E-state index in [0.29, 0.717) is 24.4 Å². The van der Waals surface area contributed by atoms with Gasteiger partial charge in [-0.3, -0.25) is 4.90 Å². The first-order valence-electron chi connectivity index (χ1n) is 10.7. The van der Waals surface area contributed by atoms with Crippen LogP contribution in [-0.2, 0) is 9.47 Å². The molecular weight excluding hydrogens is 394 g/mol. The minimum absolute atomic E-state index is 0.311. The number of pyridine rings is 1.